The van der Waals surface area contributed by atoms with Gasteiger partial charge in [-0.15, -0.1) is 0 Å². The highest BCUT2D eigenvalue weighted by Crippen LogP contribution is 2.22. The molecular weight excluding hydrogens is 374 g/mol. The van der Waals surface area contributed by atoms with Crippen LogP contribution in [0.15, 0.2) is 53.6 Å². The number of para-hydroxylation sites is 1. The number of carbonyl (C=O) groups is 1. The molecule has 0 aliphatic heterocycles. The molecule has 0 aliphatic rings. The molecule has 1 aromatic heterocycles. The number of primary amides is 1. The number of benzene rings is 2. The van der Waals surface area contributed by atoms with E-state index in [-0.39, 0.29) is 11.3 Å². The maximum Gasteiger partial charge on any atom is 0.241 e. The van der Waals surface area contributed by atoms with Gasteiger partial charge in [-0.3, -0.25) is 4.79 Å². The molecule has 26 heavy (non-hydrogen) atoms. The minimum absolute atomic E-state index is 0.0155. The minimum Gasteiger partial charge on any atom is -0.368 e. The Bertz CT molecular complexity index is 1080. The summed E-state index contributed by atoms with van der Waals surface area (Å²) in [5, 5.41) is 1.25. The molecule has 0 saturated carbocycles. The van der Waals surface area contributed by atoms with Gasteiger partial charge in [-0.2, -0.15) is 4.72 Å². The van der Waals surface area contributed by atoms with Crippen LogP contribution in [0.3, 0.4) is 0 Å². The van der Waals surface area contributed by atoms with Crippen LogP contribution in [0.25, 0.3) is 10.9 Å². The number of H-pyrrole nitrogens is 1. The number of rotatable bonds is 6. The Hall–Kier alpha value is -2.35. The van der Waals surface area contributed by atoms with E-state index in [2.05, 4.69) is 9.71 Å². The molecular formula is C18H18ClN3O3S. The van der Waals surface area contributed by atoms with Gasteiger partial charge in [0.05, 0.1) is 4.90 Å². The van der Waals surface area contributed by atoms with Crippen molar-refractivity contribution in [2.24, 2.45) is 5.73 Å². The number of sulfonamides is 1. The van der Waals surface area contributed by atoms with Crippen molar-refractivity contribution in [1.82, 2.24) is 9.71 Å². The summed E-state index contributed by atoms with van der Waals surface area (Å²) in [5.74, 6) is -0.753. The van der Waals surface area contributed by atoms with Crippen LogP contribution in [0, 0.1) is 6.92 Å². The number of hydrogen-bond donors (Lipinski definition) is 3. The summed E-state index contributed by atoms with van der Waals surface area (Å²) in [6.45, 7) is 1.77. The van der Waals surface area contributed by atoms with Gasteiger partial charge < -0.3 is 10.7 Å². The SMILES string of the molecule is Cc1ccc(S(=O)(=O)NC(Cc2c[nH]c3ccccc23)C(N)=O)cc1Cl. The molecule has 0 fully saturated rings. The molecule has 0 spiro atoms. The lowest BCUT2D eigenvalue weighted by Crippen LogP contribution is -2.45. The van der Waals surface area contributed by atoms with Crippen LogP contribution in [0.2, 0.25) is 5.02 Å². The van der Waals surface area contributed by atoms with Gasteiger partial charge in [-0.05, 0) is 42.7 Å². The van der Waals surface area contributed by atoms with E-state index in [9.17, 15) is 13.2 Å². The lowest BCUT2D eigenvalue weighted by molar-refractivity contribution is -0.119. The highest BCUT2D eigenvalue weighted by Gasteiger charge is 2.25. The summed E-state index contributed by atoms with van der Waals surface area (Å²) in [5.41, 5.74) is 7.90. The Morgan fingerprint density at radius 3 is 2.69 bits per heavy atom. The van der Waals surface area contributed by atoms with Gasteiger partial charge in [0.15, 0.2) is 0 Å². The van der Waals surface area contributed by atoms with Crippen LogP contribution >= 0.6 is 11.6 Å². The third-order valence-electron chi connectivity index (χ3n) is 4.19. The molecule has 6 nitrogen and oxygen atoms in total. The van der Waals surface area contributed by atoms with Crippen molar-refractivity contribution >= 4 is 38.4 Å². The van der Waals surface area contributed by atoms with Gasteiger partial charge >= 0.3 is 0 Å². The fourth-order valence-electron chi connectivity index (χ4n) is 2.72. The molecule has 8 heteroatoms. The number of nitrogens with one attached hydrogen (secondary N) is 2. The third kappa shape index (κ3) is 3.75. The van der Waals surface area contributed by atoms with Crippen LogP contribution in [0.5, 0.6) is 0 Å². The second-order valence-corrected chi connectivity index (χ2v) is 8.17. The first-order chi connectivity index (χ1) is 12.3. The standard InChI is InChI=1S/C18H18ClN3O3S/c1-11-6-7-13(9-15(11)19)26(24,25)22-17(18(20)23)8-12-10-21-16-5-3-2-4-14(12)16/h2-7,9-10,17,21-22H,8H2,1H3,(H2,20,23). The number of aromatic nitrogens is 1. The number of amides is 1. The number of aromatic amines is 1. The van der Waals surface area contributed by atoms with E-state index >= 15 is 0 Å². The Balaban J connectivity index is 1.88. The van der Waals surface area contributed by atoms with Crippen molar-refractivity contribution in [1.29, 1.82) is 0 Å². The van der Waals surface area contributed by atoms with E-state index in [0.717, 1.165) is 22.0 Å². The average Bonchev–Trinajstić information content (AvgIpc) is 2.99. The average molecular weight is 392 g/mol. The number of fused-ring (bicyclic) bond motifs is 1. The van der Waals surface area contributed by atoms with Crippen molar-refractivity contribution in [3.63, 3.8) is 0 Å². The summed E-state index contributed by atoms with van der Waals surface area (Å²) in [6, 6.07) is 10.9. The maximum absolute atomic E-state index is 12.6. The molecule has 0 bridgehead atoms. The monoisotopic (exact) mass is 391 g/mol. The molecule has 1 heterocycles. The minimum atomic E-state index is -3.95. The van der Waals surface area contributed by atoms with E-state index in [0.29, 0.717) is 5.02 Å². The molecule has 2 aromatic carbocycles. The molecule has 0 radical (unpaired) electrons. The molecule has 0 saturated heterocycles. The predicted molar refractivity (Wildman–Crippen MR) is 101 cm³/mol. The van der Waals surface area contributed by atoms with Crippen molar-refractivity contribution in [2.75, 3.05) is 0 Å². The number of carbonyl (C=O) groups excluding carboxylic acids is 1. The van der Waals surface area contributed by atoms with Gasteiger partial charge in [0.25, 0.3) is 0 Å². The highest BCUT2D eigenvalue weighted by atomic mass is 35.5. The first-order valence-electron chi connectivity index (χ1n) is 7.91. The summed E-state index contributed by atoms with van der Waals surface area (Å²) in [6.07, 6.45) is 1.88. The fraction of sp³-hybridized carbons (Fsp3) is 0.167. The van der Waals surface area contributed by atoms with Crippen LogP contribution in [-0.2, 0) is 21.2 Å². The van der Waals surface area contributed by atoms with E-state index in [1.54, 1.807) is 19.2 Å². The first kappa shape index (κ1) is 18.4. The third-order valence-corrected chi connectivity index (χ3v) is 6.07. The zero-order valence-electron chi connectivity index (χ0n) is 14.0. The maximum atomic E-state index is 12.6. The number of aryl methyl sites for hydroxylation is 1. The normalized spacial score (nSPS) is 13.0. The Labute approximate surface area is 156 Å². The molecule has 136 valence electrons. The van der Waals surface area contributed by atoms with Crippen molar-refractivity contribution < 1.29 is 13.2 Å². The summed E-state index contributed by atoms with van der Waals surface area (Å²) >= 11 is 6.01. The Morgan fingerprint density at radius 1 is 1.27 bits per heavy atom. The zero-order chi connectivity index (χ0) is 18.9. The molecule has 3 aromatic rings. The van der Waals surface area contributed by atoms with Crippen LogP contribution in [0.1, 0.15) is 11.1 Å². The second kappa shape index (κ2) is 7.11. The van der Waals surface area contributed by atoms with Crippen molar-refractivity contribution in [3.05, 3.63) is 64.8 Å². The molecule has 1 amide bonds. The second-order valence-electron chi connectivity index (χ2n) is 6.05. The van der Waals surface area contributed by atoms with Crippen LogP contribution < -0.4 is 10.5 Å². The molecule has 0 aliphatic carbocycles. The van der Waals surface area contributed by atoms with E-state index in [1.165, 1.54) is 12.1 Å². The summed E-state index contributed by atoms with van der Waals surface area (Å²) in [4.78, 5) is 14.9. The van der Waals surface area contributed by atoms with E-state index in [4.69, 9.17) is 17.3 Å². The van der Waals surface area contributed by atoms with Crippen LogP contribution in [-0.4, -0.2) is 25.4 Å². The Morgan fingerprint density at radius 2 is 2.00 bits per heavy atom. The molecule has 1 unspecified atom stereocenters. The lowest BCUT2D eigenvalue weighted by atomic mass is 10.1. The van der Waals surface area contributed by atoms with Gasteiger partial charge in [0.2, 0.25) is 15.9 Å². The fourth-order valence-corrected chi connectivity index (χ4v) is 4.19. The highest BCUT2D eigenvalue weighted by molar-refractivity contribution is 7.89. The summed E-state index contributed by atoms with van der Waals surface area (Å²) < 4.78 is 27.6. The van der Waals surface area contributed by atoms with Crippen LogP contribution in [0.4, 0.5) is 0 Å². The molecule has 1 atom stereocenters. The predicted octanol–water partition coefficient (Wildman–Crippen LogP) is 2.50. The smallest absolute Gasteiger partial charge is 0.241 e. The van der Waals surface area contributed by atoms with E-state index < -0.39 is 22.0 Å². The van der Waals surface area contributed by atoms with Gasteiger partial charge in [-0.1, -0.05) is 35.9 Å². The van der Waals surface area contributed by atoms with Gasteiger partial charge in [0.1, 0.15) is 6.04 Å². The quantitative estimate of drug-likeness (QED) is 0.601. The number of halogens is 1. The topological polar surface area (TPSA) is 105 Å². The van der Waals surface area contributed by atoms with Gasteiger partial charge in [0, 0.05) is 22.1 Å². The Kier molecular flexibility index (Phi) is 5.04. The van der Waals surface area contributed by atoms with Gasteiger partial charge in [-0.25, -0.2) is 8.42 Å². The lowest BCUT2D eigenvalue weighted by Gasteiger charge is -2.16. The number of nitrogens with two attached hydrogens (primary N) is 1. The van der Waals surface area contributed by atoms with Crippen molar-refractivity contribution in [2.45, 2.75) is 24.3 Å². The number of hydrogen-bond acceptors (Lipinski definition) is 3. The molecule has 4 N–H and O–H groups in total. The molecule has 3 rings (SSSR count). The van der Waals surface area contributed by atoms with Crippen molar-refractivity contribution in [3.8, 4) is 0 Å². The first-order valence-corrected chi connectivity index (χ1v) is 9.77. The van der Waals surface area contributed by atoms with E-state index in [1.807, 2.05) is 24.3 Å². The largest absolute Gasteiger partial charge is 0.368 e. The zero-order valence-corrected chi connectivity index (χ0v) is 15.6. The summed E-state index contributed by atoms with van der Waals surface area (Å²) in [7, 11) is -3.95.